The third-order valence-electron chi connectivity index (χ3n) is 4.28. The van der Waals surface area contributed by atoms with Gasteiger partial charge in [-0.05, 0) is 31.0 Å². The summed E-state index contributed by atoms with van der Waals surface area (Å²) in [5.74, 6) is 0.516. The third kappa shape index (κ3) is 2.86. The van der Waals surface area contributed by atoms with E-state index >= 15 is 0 Å². The van der Waals surface area contributed by atoms with Crippen molar-refractivity contribution in [3.8, 4) is 11.5 Å². The summed E-state index contributed by atoms with van der Waals surface area (Å²) in [4.78, 5) is 37.1. The Morgan fingerprint density at radius 3 is 2.79 bits per heavy atom. The van der Waals surface area contributed by atoms with Gasteiger partial charge in [0.1, 0.15) is 12.1 Å². The van der Waals surface area contributed by atoms with E-state index in [1.165, 1.54) is 0 Å². The van der Waals surface area contributed by atoms with Gasteiger partial charge in [-0.1, -0.05) is 13.0 Å². The van der Waals surface area contributed by atoms with E-state index in [0.29, 0.717) is 17.9 Å². The summed E-state index contributed by atoms with van der Waals surface area (Å²) < 4.78 is 10.5. The maximum Gasteiger partial charge on any atom is 0.325 e. The largest absolute Gasteiger partial charge is 0.454 e. The van der Waals surface area contributed by atoms with Crippen molar-refractivity contribution >= 4 is 17.8 Å². The molecule has 2 N–H and O–H groups in total. The standard InChI is InChI=1S/C16H19N3O5/c1-3-16(2)14(21)19(15(22)18-16)8-13(20)17-7-10-4-5-11-12(6-10)24-9-23-11/h4-6H,3,7-9H2,1-2H3,(H,17,20)(H,18,22)/t16-/m0/s1. The highest BCUT2D eigenvalue weighted by Crippen LogP contribution is 2.32. The number of fused-ring (bicyclic) bond motifs is 1. The lowest BCUT2D eigenvalue weighted by atomic mass is 9.99. The minimum Gasteiger partial charge on any atom is -0.454 e. The van der Waals surface area contributed by atoms with Crippen LogP contribution >= 0.6 is 0 Å². The van der Waals surface area contributed by atoms with Crippen LogP contribution < -0.4 is 20.1 Å². The van der Waals surface area contributed by atoms with E-state index in [1.807, 2.05) is 6.07 Å². The van der Waals surface area contributed by atoms with Crippen molar-refractivity contribution in [2.45, 2.75) is 32.4 Å². The SMILES string of the molecule is CC[C@]1(C)NC(=O)N(CC(=O)NCc2ccc3c(c2)OCO3)C1=O. The van der Waals surface area contributed by atoms with Gasteiger partial charge in [0.2, 0.25) is 12.7 Å². The molecule has 8 heteroatoms. The van der Waals surface area contributed by atoms with Crippen LogP contribution in [0.3, 0.4) is 0 Å². The van der Waals surface area contributed by atoms with Gasteiger partial charge in [-0.2, -0.15) is 0 Å². The van der Waals surface area contributed by atoms with Crippen LogP contribution in [0.15, 0.2) is 18.2 Å². The fraction of sp³-hybridized carbons (Fsp3) is 0.438. The number of nitrogens with zero attached hydrogens (tertiary/aromatic N) is 1. The summed E-state index contributed by atoms with van der Waals surface area (Å²) >= 11 is 0. The molecule has 1 fully saturated rings. The second kappa shape index (κ2) is 6.03. The quantitative estimate of drug-likeness (QED) is 0.775. The van der Waals surface area contributed by atoms with Crippen molar-refractivity contribution in [2.75, 3.05) is 13.3 Å². The molecule has 4 amide bonds. The first-order valence-corrected chi connectivity index (χ1v) is 7.72. The number of urea groups is 1. The third-order valence-corrected chi connectivity index (χ3v) is 4.28. The zero-order valence-corrected chi connectivity index (χ0v) is 13.5. The van der Waals surface area contributed by atoms with E-state index in [-0.39, 0.29) is 25.8 Å². The molecule has 0 radical (unpaired) electrons. The molecule has 2 heterocycles. The number of imide groups is 1. The number of benzene rings is 1. The van der Waals surface area contributed by atoms with Crippen LogP contribution in [-0.2, 0) is 16.1 Å². The summed E-state index contributed by atoms with van der Waals surface area (Å²) in [7, 11) is 0. The van der Waals surface area contributed by atoms with Gasteiger partial charge in [0.05, 0.1) is 0 Å². The van der Waals surface area contributed by atoms with Crippen LogP contribution in [-0.4, -0.2) is 41.6 Å². The summed E-state index contributed by atoms with van der Waals surface area (Å²) in [6, 6.07) is 4.83. The molecule has 8 nitrogen and oxygen atoms in total. The van der Waals surface area contributed by atoms with Gasteiger partial charge < -0.3 is 20.1 Å². The molecule has 0 unspecified atom stereocenters. The van der Waals surface area contributed by atoms with Crippen LogP contribution in [0.2, 0.25) is 0 Å². The van der Waals surface area contributed by atoms with E-state index in [9.17, 15) is 14.4 Å². The molecule has 2 aliphatic rings. The van der Waals surface area contributed by atoms with Gasteiger partial charge in [0, 0.05) is 6.54 Å². The highest BCUT2D eigenvalue weighted by Gasteiger charge is 2.46. The summed E-state index contributed by atoms with van der Waals surface area (Å²) in [5.41, 5.74) is -0.0995. The van der Waals surface area contributed by atoms with E-state index in [1.54, 1.807) is 26.0 Å². The molecule has 1 aromatic carbocycles. The lowest BCUT2D eigenvalue weighted by Gasteiger charge is -2.19. The Morgan fingerprint density at radius 2 is 2.08 bits per heavy atom. The number of carbonyl (C=O) groups is 3. The second-order valence-corrected chi connectivity index (χ2v) is 5.97. The fourth-order valence-corrected chi connectivity index (χ4v) is 2.58. The Bertz CT molecular complexity index is 705. The summed E-state index contributed by atoms with van der Waals surface area (Å²) in [6.07, 6.45) is 0.465. The zero-order valence-electron chi connectivity index (χ0n) is 13.5. The van der Waals surface area contributed by atoms with Gasteiger partial charge in [0.15, 0.2) is 11.5 Å². The molecule has 0 aliphatic carbocycles. The Balaban J connectivity index is 1.56. The monoisotopic (exact) mass is 333 g/mol. The topological polar surface area (TPSA) is 97.0 Å². The maximum absolute atomic E-state index is 12.2. The normalized spacial score (nSPS) is 21.8. The van der Waals surface area contributed by atoms with Gasteiger partial charge in [-0.3, -0.25) is 14.5 Å². The predicted octanol–water partition coefficient (Wildman–Crippen LogP) is 0.752. The first-order valence-electron chi connectivity index (χ1n) is 7.72. The Morgan fingerprint density at radius 1 is 1.33 bits per heavy atom. The molecular weight excluding hydrogens is 314 g/mol. The number of hydrogen-bond acceptors (Lipinski definition) is 5. The second-order valence-electron chi connectivity index (χ2n) is 5.97. The maximum atomic E-state index is 12.2. The zero-order chi connectivity index (χ0) is 17.3. The molecule has 24 heavy (non-hydrogen) atoms. The van der Waals surface area contributed by atoms with Crippen LogP contribution in [0.1, 0.15) is 25.8 Å². The van der Waals surface area contributed by atoms with E-state index < -0.39 is 17.5 Å². The van der Waals surface area contributed by atoms with Gasteiger partial charge >= 0.3 is 6.03 Å². The molecule has 1 atom stereocenters. The van der Waals surface area contributed by atoms with Crippen molar-refractivity contribution in [3.63, 3.8) is 0 Å². The average Bonchev–Trinajstić information content (AvgIpc) is 3.11. The van der Waals surface area contributed by atoms with E-state index in [4.69, 9.17) is 9.47 Å². The van der Waals surface area contributed by atoms with Gasteiger partial charge in [-0.25, -0.2) is 4.79 Å². The smallest absolute Gasteiger partial charge is 0.325 e. The molecule has 0 aromatic heterocycles. The molecule has 0 bridgehead atoms. The summed E-state index contributed by atoms with van der Waals surface area (Å²) in [6.45, 7) is 3.61. The van der Waals surface area contributed by atoms with Crippen molar-refractivity contribution in [3.05, 3.63) is 23.8 Å². The minimum atomic E-state index is -0.936. The number of rotatable bonds is 5. The number of carbonyl (C=O) groups excluding carboxylic acids is 3. The molecule has 3 rings (SSSR count). The van der Waals surface area contributed by atoms with Crippen LogP contribution in [0, 0.1) is 0 Å². The number of hydrogen-bond donors (Lipinski definition) is 2. The van der Waals surface area contributed by atoms with Crippen LogP contribution in [0.25, 0.3) is 0 Å². The van der Waals surface area contributed by atoms with E-state index in [0.717, 1.165) is 10.5 Å². The lowest BCUT2D eigenvalue weighted by molar-refractivity contribution is -0.134. The fourth-order valence-electron chi connectivity index (χ4n) is 2.58. The lowest BCUT2D eigenvalue weighted by Crippen LogP contribution is -2.44. The average molecular weight is 333 g/mol. The highest BCUT2D eigenvalue weighted by atomic mass is 16.7. The highest BCUT2D eigenvalue weighted by molar-refractivity contribution is 6.08. The minimum absolute atomic E-state index is 0.188. The molecule has 0 saturated carbocycles. The molecule has 2 aliphatic heterocycles. The van der Waals surface area contributed by atoms with Crippen molar-refractivity contribution in [1.29, 1.82) is 0 Å². The predicted molar refractivity (Wildman–Crippen MR) is 83.4 cm³/mol. The Kier molecular flexibility index (Phi) is 4.04. The number of ether oxygens (including phenoxy) is 2. The van der Waals surface area contributed by atoms with Crippen molar-refractivity contribution in [1.82, 2.24) is 15.5 Å². The Hall–Kier alpha value is -2.77. The van der Waals surface area contributed by atoms with Gasteiger partial charge in [0.25, 0.3) is 5.91 Å². The number of amides is 4. The molecule has 1 saturated heterocycles. The van der Waals surface area contributed by atoms with Crippen molar-refractivity contribution in [2.24, 2.45) is 0 Å². The van der Waals surface area contributed by atoms with Crippen LogP contribution in [0.4, 0.5) is 4.79 Å². The molecule has 1 aromatic rings. The summed E-state index contributed by atoms with van der Waals surface area (Å²) in [5, 5.41) is 5.31. The molecule has 0 spiro atoms. The van der Waals surface area contributed by atoms with Gasteiger partial charge in [-0.15, -0.1) is 0 Å². The Labute approximate surface area is 139 Å². The molecular formula is C16H19N3O5. The first-order chi connectivity index (χ1) is 11.4. The first kappa shape index (κ1) is 16.1. The molecule has 128 valence electrons. The van der Waals surface area contributed by atoms with Crippen LogP contribution in [0.5, 0.6) is 11.5 Å². The van der Waals surface area contributed by atoms with Crippen molar-refractivity contribution < 1.29 is 23.9 Å². The number of nitrogens with one attached hydrogen (secondary N) is 2. The van der Waals surface area contributed by atoms with E-state index in [2.05, 4.69) is 10.6 Å².